The van der Waals surface area contributed by atoms with Crippen LogP contribution < -0.4 is 5.32 Å². The lowest BCUT2D eigenvalue weighted by atomic mass is 9.77. The molecule has 1 aromatic heterocycles. The third-order valence-corrected chi connectivity index (χ3v) is 13.5. The first kappa shape index (κ1) is 52.1. The van der Waals surface area contributed by atoms with Crippen molar-refractivity contribution in [1.82, 2.24) is 20.1 Å². The Morgan fingerprint density at radius 2 is 1.69 bits per heavy atom. The largest absolute Gasteiger partial charge is 0.459 e. The van der Waals surface area contributed by atoms with Gasteiger partial charge in [0, 0.05) is 44.3 Å². The van der Waals surface area contributed by atoms with E-state index >= 15 is 0 Å². The van der Waals surface area contributed by atoms with Gasteiger partial charge in [-0.3, -0.25) is 14.7 Å². The number of hydrogen-bond acceptors (Lipinski definition) is 16. The Bertz CT molecular complexity index is 1570. The zero-order valence-corrected chi connectivity index (χ0v) is 39.5. The van der Waals surface area contributed by atoms with Gasteiger partial charge in [-0.15, -0.1) is 0 Å². The van der Waals surface area contributed by atoms with Crippen molar-refractivity contribution in [3.63, 3.8) is 0 Å². The summed E-state index contributed by atoms with van der Waals surface area (Å²) in [6, 6.07) is 4.41. The molecule has 4 heterocycles. The summed E-state index contributed by atoms with van der Waals surface area (Å²) in [6.45, 7) is 18.0. The van der Waals surface area contributed by atoms with Crippen molar-refractivity contribution in [1.29, 1.82) is 0 Å². The third-order valence-electron chi connectivity index (χ3n) is 13.5. The zero-order chi connectivity index (χ0) is 46.5. The fraction of sp³-hybridized carbons (Fsp3) is 0.844. The van der Waals surface area contributed by atoms with Gasteiger partial charge >= 0.3 is 12.1 Å². The molecule has 0 saturated carbocycles. The molecular weight excluding hydrogens is 805 g/mol. The number of carbonyl (C=O) groups is 2. The molecule has 18 atom stereocenters. The van der Waals surface area contributed by atoms with Crippen LogP contribution in [0.4, 0.5) is 4.79 Å². The molecule has 3 aliphatic rings. The summed E-state index contributed by atoms with van der Waals surface area (Å²) in [7, 11) is 7.10. The Labute approximate surface area is 369 Å². The Kier molecular flexibility index (Phi) is 18.2. The average molecular weight is 883 g/mol. The summed E-state index contributed by atoms with van der Waals surface area (Å²) in [5.74, 6) is -2.83. The van der Waals surface area contributed by atoms with Crippen molar-refractivity contribution in [3.8, 4) is 0 Å². The minimum Gasteiger partial charge on any atom is -0.459 e. The van der Waals surface area contributed by atoms with Crippen molar-refractivity contribution in [2.75, 3.05) is 34.8 Å². The summed E-state index contributed by atoms with van der Waals surface area (Å²) in [4.78, 5) is 36.2. The zero-order valence-electron chi connectivity index (χ0n) is 39.5. The molecule has 3 aliphatic heterocycles. The minimum absolute atomic E-state index is 0.0843. The lowest BCUT2D eigenvalue weighted by Gasteiger charge is -2.48. The summed E-state index contributed by atoms with van der Waals surface area (Å²) in [5.41, 5.74) is -3.98. The van der Waals surface area contributed by atoms with E-state index in [2.05, 4.69) is 10.3 Å². The van der Waals surface area contributed by atoms with E-state index < -0.39 is 102 Å². The quantitative estimate of drug-likeness (QED) is 0.214. The third kappa shape index (κ3) is 12.4. The van der Waals surface area contributed by atoms with Crippen molar-refractivity contribution >= 4 is 12.1 Å². The Balaban J connectivity index is 1.80. The fourth-order valence-corrected chi connectivity index (χ4v) is 9.76. The molecule has 17 nitrogen and oxygen atoms in total. The normalized spacial score (nSPS) is 43.3. The molecule has 17 heteroatoms. The second kappa shape index (κ2) is 21.6. The van der Waals surface area contributed by atoms with Gasteiger partial charge in [0.1, 0.15) is 23.9 Å². The van der Waals surface area contributed by atoms with Crippen molar-refractivity contribution in [3.05, 3.63) is 30.1 Å². The molecule has 5 N–H and O–H groups in total. The van der Waals surface area contributed by atoms with E-state index in [9.17, 15) is 30.0 Å². The highest BCUT2D eigenvalue weighted by molar-refractivity contribution is 5.73. The number of aliphatic hydroxyl groups excluding tert-OH is 2. The number of alkyl carbamates (subject to hydrolysis) is 1. The number of esters is 1. The highest BCUT2D eigenvalue weighted by Crippen LogP contribution is 2.40. The molecule has 1 aromatic rings. The van der Waals surface area contributed by atoms with Crippen molar-refractivity contribution in [2.45, 2.75) is 192 Å². The number of aromatic nitrogens is 1. The predicted molar refractivity (Wildman–Crippen MR) is 230 cm³/mol. The topological polar surface area (TPSA) is 211 Å². The number of rotatable bonds is 10. The number of carbonyl (C=O) groups excluding carboxylic acids is 2. The molecule has 4 rings (SSSR count). The maximum atomic E-state index is 14.6. The minimum atomic E-state index is -1.91. The van der Waals surface area contributed by atoms with Crippen LogP contribution in [-0.4, -0.2) is 172 Å². The van der Waals surface area contributed by atoms with E-state index in [0.29, 0.717) is 18.7 Å². The van der Waals surface area contributed by atoms with Crippen LogP contribution >= 0.6 is 0 Å². The average Bonchev–Trinajstić information content (AvgIpc) is 3.20. The van der Waals surface area contributed by atoms with Crippen LogP contribution in [0.15, 0.2) is 24.4 Å². The van der Waals surface area contributed by atoms with Crippen molar-refractivity contribution < 1.29 is 63.2 Å². The fourth-order valence-electron chi connectivity index (χ4n) is 9.76. The highest BCUT2D eigenvalue weighted by atomic mass is 16.7. The number of methoxy groups -OCH3 is 1. The lowest BCUT2D eigenvalue weighted by Crippen LogP contribution is -2.61. The van der Waals surface area contributed by atoms with Gasteiger partial charge in [0.05, 0.1) is 53.8 Å². The first-order chi connectivity index (χ1) is 28.9. The molecule has 62 heavy (non-hydrogen) atoms. The summed E-state index contributed by atoms with van der Waals surface area (Å²) in [5, 5.41) is 50.6. The molecular formula is C45H78N4O13. The number of pyridine rings is 1. The predicted octanol–water partition coefficient (Wildman–Crippen LogP) is 3.23. The van der Waals surface area contributed by atoms with Gasteiger partial charge < -0.3 is 63.8 Å². The van der Waals surface area contributed by atoms with E-state index in [1.807, 2.05) is 58.6 Å². The summed E-state index contributed by atoms with van der Waals surface area (Å²) in [6.07, 6.45) is -7.91. The maximum Gasteiger partial charge on any atom is 0.407 e. The van der Waals surface area contributed by atoms with Gasteiger partial charge in [0.15, 0.2) is 18.7 Å². The van der Waals surface area contributed by atoms with E-state index in [1.165, 1.54) is 14.0 Å². The molecule has 0 spiro atoms. The number of likely N-dealkylation sites (N-methyl/N-ethyl adjacent to an activating group) is 2. The van der Waals surface area contributed by atoms with Gasteiger partial charge in [-0.2, -0.15) is 0 Å². The Morgan fingerprint density at radius 3 is 2.29 bits per heavy atom. The van der Waals surface area contributed by atoms with Crippen LogP contribution in [0.2, 0.25) is 0 Å². The van der Waals surface area contributed by atoms with Crippen LogP contribution in [0.1, 0.15) is 101 Å². The number of nitrogens with zero attached hydrogens (tertiary/aromatic N) is 3. The van der Waals surface area contributed by atoms with Crippen molar-refractivity contribution in [2.24, 2.45) is 17.8 Å². The number of ether oxygens (including phenoxy) is 7. The SMILES string of the molecule is CC[C@@H]1OC(=O)[C@H](C)[C@@H](O[C@H]2C[C@@](C)(OC)[C@@H](O)[C@H](C)O2)[C@H](C)[C@@H](O[C@@H]2O[C@H](C)C[C@H](N(C)C)[C@H]2O)[C@](C)(O)C[C@@H](C)CN(C)[C@@H](C)[C@@H](OC(=O)NCc2ccccn2)[C@]1(C)O. The van der Waals surface area contributed by atoms with Crippen LogP contribution in [-0.2, 0) is 44.5 Å². The van der Waals surface area contributed by atoms with Gasteiger partial charge in [0.2, 0.25) is 0 Å². The highest BCUT2D eigenvalue weighted by Gasteiger charge is 2.53. The first-order valence-corrected chi connectivity index (χ1v) is 22.3. The molecule has 0 unspecified atom stereocenters. The summed E-state index contributed by atoms with van der Waals surface area (Å²) >= 11 is 0. The molecule has 0 aliphatic carbocycles. The van der Waals surface area contributed by atoms with Gasteiger partial charge in [-0.1, -0.05) is 26.8 Å². The lowest BCUT2D eigenvalue weighted by molar-refractivity contribution is -0.318. The molecule has 3 fully saturated rings. The van der Waals surface area contributed by atoms with E-state index in [0.717, 1.165) is 0 Å². The van der Waals surface area contributed by atoms with E-state index in [4.69, 9.17) is 33.2 Å². The second-order valence-electron chi connectivity index (χ2n) is 19.2. The van der Waals surface area contributed by atoms with Gasteiger partial charge in [0.25, 0.3) is 0 Å². The van der Waals surface area contributed by atoms with E-state index in [1.54, 1.807) is 59.0 Å². The van der Waals surface area contributed by atoms with Crippen LogP contribution in [0.25, 0.3) is 0 Å². The Hall–Kier alpha value is -2.55. The number of aliphatic hydroxyl groups is 4. The monoisotopic (exact) mass is 883 g/mol. The Morgan fingerprint density at radius 1 is 1.02 bits per heavy atom. The van der Waals surface area contributed by atoms with E-state index in [-0.39, 0.29) is 43.9 Å². The smallest absolute Gasteiger partial charge is 0.407 e. The van der Waals surface area contributed by atoms with Gasteiger partial charge in [-0.25, -0.2) is 4.79 Å². The first-order valence-electron chi connectivity index (χ1n) is 22.3. The maximum absolute atomic E-state index is 14.6. The van der Waals surface area contributed by atoms with Crippen LogP contribution in [0.3, 0.4) is 0 Å². The number of cyclic esters (lactones) is 1. The number of amides is 1. The number of hydrogen-bond donors (Lipinski definition) is 5. The molecule has 0 radical (unpaired) electrons. The van der Waals surface area contributed by atoms with Gasteiger partial charge in [-0.05, 0) is 107 Å². The number of nitrogens with one attached hydrogen (secondary N) is 1. The molecule has 3 saturated heterocycles. The second-order valence-corrected chi connectivity index (χ2v) is 19.2. The van der Waals surface area contributed by atoms with Crippen LogP contribution in [0, 0.1) is 17.8 Å². The molecule has 356 valence electrons. The molecule has 1 amide bonds. The standard InChI is InChI=1S/C45H78N4O13/c1-15-33-45(10,55)39(62-42(53)47-23-31-18-16-17-19-46-31)29(6)49(13)24-25(2)21-43(8,54)38(61-41-35(50)32(48(11)12)20-26(3)57-41)27(4)36(28(5)40(52)59-33)60-34-22-44(9,56-14)37(51)30(7)58-34/h16-19,25-30,32-39,41,50-51,54-55H,15,20-24H2,1-14H3,(H,47,53)/t25-,26-,27+,28-,29+,30+,32+,33+,34+,35-,36+,37+,38-,39-,41+,43-,44-,45-/m1/s1. The molecule has 0 aromatic carbocycles. The van der Waals surface area contributed by atoms with Crippen LogP contribution in [0.5, 0.6) is 0 Å². The summed E-state index contributed by atoms with van der Waals surface area (Å²) < 4.78 is 44.1. The molecule has 0 bridgehead atoms.